The average molecular weight is 373 g/mol. The van der Waals surface area contributed by atoms with Gasteiger partial charge in [0.25, 0.3) is 0 Å². The van der Waals surface area contributed by atoms with Crippen molar-refractivity contribution in [1.82, 2.24) is 4.72 Å². The molecule has 0 heterocycles. The second kappa shape index (κ2) is 4.94. The molecule has 3 nitrogen and oxygen atoms in total. The molecule has 2 rings (SSSR count). The second-order valence-corrected chi connectivity index (χ2v) is 8.27. The zero-order valence-electron chi connectivity index (χ0n) is 9.63. The van der Waals surface area contributed by atoms with Crippen LogP contribution < -0.4 is 4.72 Å². The summed E-state index contributed by atoms with van der Waals surface area (Å²) in [4.78, 5) is -0.0571. The minimum absolute atomic E-state index is 0.0571. The standard InChI is InChI=1S/C11H12BrCl2NO2S/c1-11(2-3-11)6-15-18(16,17)10-8(13)4-7(12)5-9(10)14/h4-5,15H,2-3,6H2,1H3. The highest BCUT2D eigenvalue weighted by Gasteiger charge is 2.38. The summed E-state index contributed by atoms with van der Waals surface area (Å²) in [6, 6.07) is 3.03. The topological polar surface area (TPSA) is 46.2 Å². The van der Waals surface area contributed by atoms with Gasteiger partial charge in [0.1, 0.15) is 4.90 Å². The van der Waals surface area contributed by atoms with E-state index in [0.29, 0.717) is 11.0 Å². The Kier molecular flexibility index (Phi) is 4.01. The minimum atomic E-state index is -3.67. The van der Waals surface area contributed by atoms with Gasteiger partial charge in [-0.15, -0.1) is 0 Å². The first kappa shape index (κ1) is 14.6. The molecule has 0 saturated heterocycles. The minimum Gasteiger partial charge on any atom is -0.211 e. The molecule has 1 saturated carbocycles. The number of sulfonamides is 1. The quantitative estimate of drug-likeness (QED) is 0.872. The van der Waals surface area contributed by atoms with Crippen LogP contribution in [0.3, 0.4) is 0 Å². The second-order valence-electron chi connectivity index (χ2n) is 4.83. The molecule has 1 aromatic rings. The first-order chi connectivity index (χ1) is 8.23. The highest BCUT2D eigenvalue weighted by molar-refractivity contribution is 9.10. The SMILES string of the molecule is CC1(CNS(=O)(=O)c2c(Cl)cc(Br)cc2Cl)CC1. The molecule has 0 atom stereocenters. The molecule has 0 bridgehead atoms. The zero-order chi connectivity index (χ0) is 13.6. The lowest BCUT2D eigenvalue weighted by atomic mass is 10.2. The maximum Gasteiger partial charge on any atom is 0.243 e. The van der Waals surface area contributed by atoms with Crippen LogP contribution in [0.1, 0.15) is 19.8 Å². The van der Waals surface area contributed by atoms with E-state index in [9.17, 15) is 8.42 Å². The van der Waals surface area contributed by atoms with Crippen LogP contribution in [0.4, 0.5) is 0 Å². The Labute approximate surface area is 125 Å². The maximum atomic E-state index is 12.2. The van der Waals surface area contributed by atoms with E-state index >= 15 is 0 Å². The smallest absolute Gasteiger partial charge is 0.211 e. The van der Waals surface area contributed by atoms with E-state index in [1.165, 1.54) is 12.1 Å². The fourth-order valence-corrected chi connectivity index (χ4v) is 4.65. The summed E-state index contributed by atoms with van der Waals surface area (Å²) in [5, 5.41) is 0.227. The van der Waals surface area contributed by atoms with Crippen LogP contribution in [0.2, 0.25) is 10.0 Å². The highest BCUT2D eigenvalue weighted by Crippen LogP contribution is 2.44. The van der Waals surface area contributed by atoms with Gasteiger partial charge in [0.05, 0.1) is 10.0 Å². The highest BCUT2D eigenvalue weighted by atomic mass is 79.9. The molecule has 0 unspecified atom stereocenters. The summed E-state index contributed by atoms with van der Waals surface area (Å²) in [6.07, 6.45) is 2.08. The van der Waals surface area contributed by atoms with Crippen molar-refractivity contribution >= 4 is 49.2 Å². The number of hydrogen-bond donors (Lipinski definition) is 1. The number of nitrogens with one attached hydrogen (secondary N) is 1. The van der Waals surface area contributed by atoms with Crippen LogP contribution >= 0.6 is 39.1 Å². The Hall–Kier alpha value is 0.190. The van der Waals surface area contributed by atoms with Crippen molar-refractivity contribution in [3.05, 3.63) is 26.7 Å². The first-order valence-electron chi connectivity index (χ1n) is 5.38. The summed E-state index contributed by atoms with van der Waals surface area (Å²) in [6.45, 7) is 2.46. The van der Waals surface area contributed by atoms with Crippen LogP contribution in [-0.4, -0.2) is 15.0 Å². The van der Waals surface area contributed by atoms with Gasteiger partial charge in [-0.3, -0.25) is 0 Å². The maximum absolute atomic E-state index is 12.2. The van der Waals surface area contributed by atoms with Crippen molar-refractivity contribution in [1.29, 1.82) is 0 Å². The summed E-state index contributed by atoms with van der Waals surface area (Å²) in [7, 11) is -3.67. The van der Waals surface area contributed by atoms with E-state index in [2.05, 4.69) is 20.7 Å². The predicted octanol–water partition coefficient (Wildman–Crippen LogP) is 3.83. The molecule has 0 aliphatic heterocycles. The molecule has 0 radical (unpaired) electrons. The predicted molar refractivity (Wildman–Crippen MR) is 76.7 cm³/mol. The fraction of sp³-hybridized carbons (Fsp3) is 0.455. The first-order valence-corrected chi connectivity index (χ1v) is 8.41. The molecule has 1 aliphatic carbocycles. The van der Waals surface area contributed by atoms with E-state index in [-0.39, 0.29) is 20.4 Å². The molecule has 0 aromatic heterocycles. The Morgan fingerprint density at radius 3 is 2.28 bits per heavy atom. The van der Waals surface area contributed by atoms with Crippen LogP contribution in [0.25, 0.3) is 0 Å². The van der Waals surface area contributed by atoms with Crippen LogP contribution in [-0.2, 0) is 10.0 Å². The monoisotopic (exact) mass is 371 g/mol. The van der Waals surface area contributed by atoms with Gasteiger partial charge < -0.3 is 0 Å². The van der Waals surface area contributed by atoms with Gasteiger partial charge in [-0.05, 0) is 30.4 Å². The van der Waals surface area contributed by atoms with Crippen molar-refractivity contribution in [2.45, 2.75) is 24.7 Å². The van der Waals surface area contributed by atoms with Crippen LogP contribution in [0.5, 0.6) is 0 Å². The van der Waals surface area contributed by atoms with E-state index in [1.807, 2.05) is 6.92 Å². The van der Waals surface area contributed by atoms with Crippen LogP contribution in [0, 0.1) is 5.41 Å². The van der Waals surface area contributed by atoms with Crippen molar-refractivity contribution in [3.8, 4) is 0 Å². The molecular formula is C11H12BrCl2NO2S. The molecule has 0 spiro atoms. The van der Waals surface area contributed by atoms with E-state index in [0.717, 1.165) is 12.8 Å². The van der Waals surface area contributed by atoms with Crippen molar-refractivity contribution < 1.29 is 8.42 Å². The Bertz CT molecular complexity index is 562. The molecule has 1 fully saturated rings. The van der Waals surface area contributed by atoms with E-state index in [1.54, 1.807) is 0 Å². The lowest BCUT2D eigenvalue weighted by molar-refractivity contribution is 0.530. The molecule has 100 valence electrons. The third kappa shape index (κ3) is 3.20. The zero-order valence-corrected chi connectivity index (χ0v) is 13.5. The Morgan fingerprint density at radius 1 is 1.33 bits per heavy atom. The number of hydrogen-bond acceptors (Lipinski definition) is 2. The van der Waals surface area contributed by atoms with Crippen molar-refractivity contribution in [2.75, 3.05) is 6.54 Å². The Balaban J connectivity index is 2.29. The summed E-state index contributed by atoms with van der Waals surface area (Å²) in [5.74, 6) is 0. The van der Waals surface area contributed by atoms with Crippen molar-refractivity contribution in [2.24, 2.45) is 5.41 Å². The normalized spacial score (nSPS) is 17.8. The van der Waals surface area contributed by atoms with Gasteiger partial charge in [0, 0.05) is 11.0 Å². The molecule has 1 aromatic carbocycles. The summed E-state index contributed by atoms with van der Waals surface area (Å²) < 4.78 is 27.5. The van der Waals surface area contributed by atoms with Crippen LogP contribution in [0.15, 0.2) is 21.5 Å². The van der Waals surface area contributed by atoms with Gasteiger partial charge in [0.15, 0.2) is 0 Å². The third-order valence-electron chi connectivity index (χ3n) is 3.02. The Morgan fingerprint density at radius 2 is 1.83 bits per heavy atom. The molecule has 0 amide bonds. The molecule has 1 aliphatic rings. The lowest BCUT2D eigenvalue weighted by Crippen LogP contribution is -2.29. The molecule has 18 heavy (non-hydrogen) atoms. The summed E-state index contributed by atoms with van der Waals surface area (Å²) >= 11 is 15.1. The number of benzene rings is 1. The van der Waals surface area contributed by atoms with E-state index in [4.69, 9.17) is 23.2 Å². The molecular weight excluding hydrogens is 361 g/mol. The van der Waals surface area contributed by atoms with Gasteiger partial charge in [-0.2, -0.15) is 0 Å². The average Bonchev–Trinajstić information content (AvgIpc) is 2.92. The van der Waals surface area contributed by atoms with Gasteiger partial charge in [-0.25, -0.2) is 13.1 Å². The number of halogens is 3. The van der Waals surface area contributed by atoms with Gasteiger partial charge in [0.2, 0.25) is 10.0 Å². The van der Waals surface area contributed by atoms with Crippen molar-refractivity contribution in [3.63, 3.8) is 0 Å². The fourth-order valence-electron chi connectivity index (χ4n) is 1.52. The largest absolute Gasteiger partial charge is 0.243 e. The number of rotatable bonds is 4. The van der Waals surface area contributed by atoms with Gasteiger partial charge in [-0.1, -0.05) is 46.1 Å². The van der Waals surface area contributed by atoms with Gasteiger partial charge >= 0.3 is 0 Å². The lowest BCUT2D eigenvalue weighted by Gasteiger charge is -2.13. The molecule has 1 N–H and O–H groups in total. The summed E-state index contributed by atoms with van der Waals surface area (Å²) in [5.41, 5.74) is 0.0847. The van der Waals surface area contributed by atoms with E-state index < -0.39 is 10.0 Å². The molecule has 7 heteroatoms. The third-order valence-corrected chi connectivity index (χ3v) is 5.80.